The van der Waals surface area contributed by atoms with Crippen molar-refractivity contribution < 1.29 is 13.2 Å². The van der Waals surface area contributed by atoms with Crippen molar-refractivity contribution in [3.63, 3.8) is 0 Å². The lowest BCUT2D eigenvalue weighted by atomic mass is 10.2. The Labute approximate surface area is 173 Å². The summed E-state index contributed by atoms with van der Waals surface area (Å²) in [7, 11) is -4.02. The molecule has 0 radical (unpaired) electrons. The van der Waals surface area contributed by atoms with Crippen molar-refractivity contribution in [1.82, 2.24) is 4.72 Å². The number of carbonyl (C=O) groups is 1. The molecule has 22 heavy (non-hydrogen) atoms. The first-order valence-electron chi connectivity index (χ1n) is 5.68. The van der Waals surface area contributed by atoms with Gasteiger partial charge in [0, 0.05) is 10.7 Å². The summed E-state index contributed by atoms with van der Waals surface area (Å²) in [6.07, 6.45) is 0. The fourth-order valence-electron chi connectivity index (χ4n) is 1.62. The van der Waals surface area contributed by atoms with Crippen LogP contribution in [0.2, 0.25) is 5.02 Å². The first-order chi connectivity index (χ1) is 10.2. The number of benzene rings is 2. The van der Waals surface area contributed by atoms with Crippen LogP contribution >= 0.6 is 79.4 Å². The molecule has 9 heteroatoms. The van der Waals surface area contributed by atoms with Crippen LogP contribution in [0.1, 0.15) is 10.4 Å². The van der Waals surface area contributed by atoms with Gasteiger partial charge in [-0.15, -0.1) is 0 Å². The van der Waals surface area contributed by atoms with Crippen LogP contribution in [0.15, 0.2) is 41.3 Å². The van der Waals surface area contributed by atoms with Gasteiger partial charge in [0.2, 0.25) is 0 Å². The minimum Gasteiger partial charge on any atom is -0.268 e. The largest absolute Gasteiger partial charge is 0.268 e. The first-order valence-corrected chi connectivity index (χ1v) is 10.8. The lowest BCUT2D eigenvalue weighted by molar-refractivity contribution is 0.0980. The molecule has 0 spiro atoms. The molecule has 1 N–H and O–H groups in total. The fourth-order valence-corrected chi connectivity index (χ4v) is 5.50. The molecule has 116 valence electrons. The van der Waals surface area contributed by atoms with Crippen molar-refractivity contribution in [2.75, 3.05) is 0 Å². The van der Waals surface area contributed by atoms with E-state index in [2.05, 4.69) is 49.9 Å². The van der Waals surface area contributed by atoms with Gasteiger partial charge in [-0.25, -0.2) is 13.1 Å². The number of amides is 1. The molecule has 2 aromatic rings. The Morgan fingerprint density at radius 1 is 1.09 bits per heavy atom. The van der Waals surface area contributed by atoms with Crippen LogP contribution in [0.25, 0.3) is 0 Å². The molecule has 1 amide bonds. The molecule has 0 fully saturated rings. The van der Waals surface area contributed by atoms with Gasteiger partial charge in [0.15, 0.2) is 0 Å². The Hall–Kier alpha value is 0.340. The molecule has 0 bridgehead atoms. The molecule has 0 atom stereocenters. The maximum absolute atomic E-state index is 12.3. The summed E-state index contributed by atoms with van der Waals surface area (Å²) in [4.78, 5) is 12.2. The molecule has 0 heterocycles. The molecule has 0 aliphatic rings. The zero-order valence-corrected chi connectivity index (χ0v) is 18.7. The number of carbonyl (C=O) groups excluding carboxylic acids is 1. The second-order valence-electron chi connectivity index (χ2n) is 4.11. The number of sulfonamides is 1. The topological polar surface area (TPSA) is 63.2 Å². The Morgan fingerprint density at radius 2 is 1.73 bits per heavy atom. The Morgan fingerprint density at radius 3 is 2.36 bits per heavy atom. The summed E-state index contributed by atoms with van der Waals surface area (Å²) in [6, 6.07) is 9.52. The monoisotopic (exact) mass is 673 g/mol. The standard InChI is InChI=1S/C13H7ClI3NO3S/c14-9-3-1-2-4-11(9)22(20,21)18-13(19)8-5-7(15)6-10(16)12(8)17/h1-6H,(H,18,19). The van der Waals surface area contributed by atoms with Crippen LogP contribution in [0.4, 0.5) is 0 Å². The number of rotatable bonds is 3. The highest BCUT2D eigenvalue weighted by Gasteiger charge is 2.23. The summed E-state index contributed by atoms with van der Waals surface area (Å²) in [5, 5.41) is 0.0646. The highest BCUT2D eigenvalue weighted by Crippen LogP contribution is 2.24. The van der Waals surface area contributed by atoms with Gasteiger partial charge in [-0.3, -0.25) is 4.79 Å². The van der Waals surface area contributed by atoms with Crippen molar-refractivity contribution in [2.45, 2.75) is 4.90 Å². The summed E-state index contributed by atoms with van der Waals surface area (Å²) in [5.74, 6) is -0.680. The first kappa shape index (κ1) is 18.7. The second-order valence-corrected chi connectivity index (χ2v) is 9.66. The van der Waals surface area contributed by atoms with E-state index in [0.29, 0.717) is 9.13 Å². The van der Waals surface area contributed by atoms with Gasteiger partial charge in [0.05, 0.1) is 10.6 Å². The third-order valence-corrected chi connectivity index (χ3v) is 8.09. The smallest absolute Gasteiger partial charge is 0.266 e. The van der Waals surface area contributed by atoms with E-state index in [0.717, 1.165) is 7.14 Å². The SMILES string of the molecule is O=C(NS(=O)(=O)c1ccccc1Cl)c1cc(I)cc(I)c1I. The summed E-state index contributed by atoms with van der Waals surface area (Å²) < 4.78 is 29.1. The van der Waals surface area contributed by atoms with Gasteiger partial charge < -0.3 is 0 Å². The molecule has 4 nitrogen and oxygen atoms in total. The quantitative estimate of drug-likeness (QED) is 0.392. The minimum absolute atomic E-state index is 0.0646. The van der Waals surface area contributed by atoms with Gasteiger partial charge in [-0.05, 0) is 92.0 Å². The summed E-state index contributed by atoms with van der Waals surface area (Å²) in [5.41, 5.74) is 0.313. The van der Waals surface area contributed by atoms with E-state index >= 15 is 0 Å². The van der Waals surface area contributed by atoms with E-state index in [1.54, 1.807) is 18.2 Å². The zero-order valence-electron chi connectivity index (χ0n) is 10.6. The van der Waals surface area contributed by atoms with E-state index in [-0.39, 0.29) is 9.92 Å². The third-order valence-electron chi connectivity index (χ3n) is 2.59. The molecular formula is C13H7ClI3NO3S. The van der Waals surface area contributed by atoms with Crippen LogP contribution in [0.3, 0.4) is 0 Å². The number of hydrogen-bond donors (Lipinski definition) is 1. The van der Waals surface area contributed by atoms with E-state index in [9.17, 15) is 13.2 Å². The van der Waals surface area contributed by atoms with Crippen LogP contribution in [0, 0.1) is 10.7 Å². The maximum atomic E-state index is 12.3. The lowest BCUT2D eigenvalue weighted by Crippen LogP contribution is -2.31. The van der Waals surface area contributed by atoms with Crippen LogP contribution in [-0.2, 0) is 10.0 Å². The molecule has 0 saturated carbocycles. The van der Waals surface area contributed by atoms with E-state index in [1.807, 2.05) is 28.7 Å². The van der Waals surface area contributed by atoms with Crippen LogP contribution in [-0.4, -0.2) is 14.3 Å². The fraction of sp³-hybridized carbons (Fsp3) is 0. The molecule has 0 aliphatic heterocycles. The number of nitrogens with one attached hydrogen (secondary N) is 1. The minimum atomic E-state index is -4.02. The lowest BCUT2D eigenvalue weighted by Gasteiger charge is -2.10. The van der Waals surface area contributed by atoms with Crippen molar-refractivity contribution in [1.29, 1.82) is 0 Å². The van der Waals surface area contributed by atoms with E-state index in [1.165, 1.54) is 12.1 Å². The Kier molecular flexibility index (Phi) is 6.36. The van der Waals surface area contributed by atoms with Crippen molar-refractivity contribution in [3.05, 3.63) is 57.7 Å². The van der Waals surface area contributed by atoms with Crippen LogP contribution < -0.4 is 4.72 Å². The normalized spacial score (nSPS) is 11.3. The van der Waals surface area contributed by atoms with Crippen molar-refractivity contribution in [2.24, 2.45) is 0 Å². The molecule has 0 saturated heterocycles. The van der Waals surface area contributed by atoms with E-state index in [4.69, 9.17) is 11.6 Å². The Balaban J connectivity index is 2.39. The summed E-state index contributed by atoms with van der Waals surface area (Å²) >= 11 is 12.1. The van der Waals surface area contributed by atoms with Crippen molar-refractivity contribution >= 4 is 95.3 Å². The molecule has 2 rings (SSSR count). The third kappa shape index (κ3) is 4.24. The average molecular weight is 673 g/mol. The predicted octanol–water partition coefficient (Wildman–Crippen LogP) is 4.27. The highest BCUT2D eigenvalue weighted by molar-refractivity contribution is 14.1. The molecular weight excluding hydrogens is 666 g/mol. The van der Waals surface area contributed by atoms with Gasteiger partial charge in [-0.1, -0.05) is 23.7 Å². The number of halogens is 4. The molecule has 0 aromatic heterocycles. The second kappa shape index (κ2) is 7.49. The molecule has 2 aromatic carbocycles. The predicted molar refractivity (Wildman–Crippen MR) is 111 cm³/mol. The Bertz CT molecular complexity index is 856. The van der Waals surface area contributed by atoms with Gasteiger partial charge in [0.25, 0.3) is 15.9 Å². The molecule has 0 unspecified atom stereocenters. The average Bonchev–Trinajstić information content (AvgIpc) is 2.42. The number of hydrogen-bond acceptors (Lipinski definition) is 3. The van der Waals surface area contributed by atoms with Crippen molar-refractivity contribution in [3.8, 4) is 0 Å². The zero-order chi connectivity index (χ0) is 16.5. The van der Waals surface area contributed by atoms with Crippen LogP contribution in [0.5, 0.6) is 0 Å². The van der Waals surface area contributed by atoms with Gasteiger partial charge in [-0.2, -0.15) is 0 Å². The van der Waals surface area contributed by atoms with Gasteiger partial charge >= 0.3 is 0 Å². The highest BCUT2D eigenvalue weighted by atomic mass is 127. The maximum Gasteiger partial charge on any atom is 0.266 e. The van der Waals surface area contributed by atoms with Gasteiger partial charge in [0.1, 0.15) is 4.90 Å². The molecule has 0 aliphatic carbocycles. The van der Waals surface area contributed by atoms with E-state index < -0.39 is 15.9 Å². The summed E-state index contributed by atoms with van der Waals surface area (Å²) in [6.45, 7) is 0.